The van der Waals surface area contributed by atoms with Crippen LogP contribution in [-0.4, -0.2) is 4.40 Å². The van der Waals surface area contributed by atoms with Crippen molar-refractivity contribution in [2.75, 3.05) is 0 Å². The van der Waals surface area contributed by atoms with Crippen LogP contribution in [0.2, 0.25) is 0 Å². The lowest BCUT2D eigenvalue weighted by Crippen LogP contribution is -2.17. The van der Waals surface area contributed by atoms with Gasteiger partial charge in [0, 0.05) is 11.5 Å². The molecule has 0 N–H and O–H groups in total. The maximum absolute atomic E-state index is 12.2. The maximum atomic E-state index is 12.2. The molecule has 1 aliphatic rings. The molecule has 2 heteroatoms. The number of hydrogen-bond donors (Lipinski definition) is 0. The fourth-order valence-electron chi connectivity index (χ4n) is 3.05. The van der Waals surface area contributed by atoms with E-state index in [1.165, 1.54) is 10.9 Å². The van der Waals surface area contributed by atoms with Crippen LogP contribution >= 0.6 is 0 Å². The summed E-state index contributed by atoms with van der Waals surface area (Å²) in [6.45, 7) is 0. The zero-order valence-corrected chi connectivity index (χ0v) is 10.5. The van der Waals surface area contributed by atoms with Gasteiger partial charge in [-0.1, -0.05) is 36.4 Å². The van der Waals surface area contributed by atoms with E-state index in [0.29, 0.717) is 0 Å². The highest BCUT2D eigenvalue weighted by atomic mass is 16.1. The lowest BCUT2D eigenvalue weighted by Gasteiger charge is -2.18. The van der Waals surface area contributed by atoms with Gasteiger partial charge in [0.1, 0.15) is 0 Å². The van der Waals surface area contributed by atoms with E-state index in [1.807, 2.05) is 22.6 Å². The minimum Gasteiger partial charge on any atom is -0.277 e. The minimum atomic E-state index is 0.0473. The van der Waals surface area contributed by atoms with Crippen molar-refractivity contribution in [2.24, 2.45) is 0 Å². The molecule has 0 radical (unpaired) electrons. The van der Waals surface area contributed by atoms with Gasteiger partial charge in [-0.2, -0.15) is 0 Å². The number of hydrogen-bond acceptors (Lipinski definition) is 1. The van der Waals surface area contributed by atoms with Crippen molar-refractivity contribution in [3.05, 3.63) is 70.2 Å². The first kappa shape index (κ1) is 10.6. The summed E-state index contributed by atoms with van der Waals surface area (Å²) in [5.74, 6) is 0. The van der Waals surface area contributed by atoms with E-state index >= 15 is 0 Å². The number of pyridine rings is 2. The second kappa shape index (κ2) is 3.82. The lowest BCUT2D eigenvalue weighted by atomic mass is 9.95. The Morgan fingerprint density at radius 1 is 0.947 bits per heavy atom. The molecule has 3 aromatic rings. The lowest BCUT2D eigenvalue weighted by molar-refractivity contribution is 0.949. The van der Waals surface area contributed by atoms with Gasteiger partial charge in [-0.15, -0.1) is 0 Å². The molecule has 0 saturated heterocycles. The quantitative estimate of drug-likeness (QED) is 0.558. The molecule has 2 heterocycles. The fourth-order valence-corrected chi connectivity index (χ4v) is 3.05. The Hall–Kier alpha value is -2.35. The van der Waals surface area contributed by atoms with E-state index < -0.39 is 0 Å². The van der Waals surface area contributed by atoms with Gasteiger partial charge < -0.3 is 0 Å². The Morgan fingerprint density at radius 2 is 1.79 bits per heavy atom. The fraction of sp³-hybridized carbons (Fsp3) is 0.118. The summed E-state index contributed by atoms with van der Waals surface area (Å²) in [5.41, 5.74) is 3.38. The van der Waals surface area contributed by atoms with Crippen molar-refractivity contribution >= 4 is 22.4 Å². The van der Waals surface area contributed by atoms with E-state index in [2.05, 4.69) is 30.4 Å². The molecule has 0 amide bonds. The number of allylic oxidation sites excluding steroid dienone is 1. The predicted molar refractivity (Wildman–Crippen MR) is 78.5 cm³/mol. The normalized spacial score (nSPS) is 13.9. The Bertz CT molecular complexity index is 887. The summed E-state index contributed by atoms with van der Waals surface area (Å²) in [4.78, 5) is 12.2. The van der Waals surface area contributed by atoms with Crippen LogP contribution in [0.5, 0.6) is 0 Å². The van der Waals surface area contributed by atoms with E-state index in [9.17, 15) is 4.79 Å². The topological polar surface area (TPSA) is 21.5 Å². The molecule has 0 aliphatic heterocycles. The average molecular weight is 247 g/mol. The van der Waals surface area contributed by atoms with E-state index in [1.54, 1.807) is 6.07 Å². The molecule has 4 rings (SSSR count). The average Bonchev–Trinajstić information content (AvgIpc) is 2.47. The molecule has 0 saturated carbocycles. The summed E-state index contributed by atoms with van der Waals surface area (Å²) >= 11 is 0. The smallest absolute Gasteiger partial charge is 0.255 e. The molecule has 92 valence electrons. The summed E-state index contributed by atoms with van der Waals surface area (Å²) in [5, 5.41) is 2.43. The Labute approximate surface area is 110 Å². The van der Waals surface area contributed by atoms with Crippen LogP contribution in [-0.2, 0) is 6.42 Å². The second-order valence-electron chi connectivity index (χ2n) is 4.94. The third kappa shape index (κ3) is 1.40. The molecule has 19 heavy (non-hydrogen) atoms. The number of nitrogens with zero attached hydrogens (tertiary/aromatic N) is 1. The first-order chi connectivity index (χ1) is 9.36. The van der Waals surface area contributed by atoms with Crippen LogP contribution in [0, 0.1) is 0 Å². The highest BCUT2D eigenvalue weighted by molar-refractivity contribution is 5.99. The highest BCUT2D eigenvalue weighted by Crippen LogP contribution is 2.30. The van der Waals surface area contributed by atoms with Gasteiger partial charge in [-0.3, -0.25) is 9.20 Å². The van der Waals surface area contributed by atoms with Crippen molar-refractivity contribution in [1.82, 2.24) is 4.40 Å². The summed E-state index contributed by atoms with van der Waals surface area (Å²) in [7, 11) is 0. The van der Waals surface area contributed by atoms with E-state index in [-0.39, 0.29) is 5.56 Å². The third-order valence-corrected chi connectivity index (χ3v) is 3.87. The molecule has 0 atom stereocenters. The van der Waals surface area contributed by atoms with Gasteiger partial charge in [-0.05, 0) is 35.9 Å². The van der Waals surface area contributed by atoms with Crippen LogP contribution in [0.25, 0.3) is 22.4 Å². The van der Waals surface area contributed by atoms with Crippen LogP contribution in [0.1, 0.15) is 17.7 Å². The molecule has 2 aromatic heterocycles. The zero-order valence-electron chi connectivity index (χ0n) is 10.5. The monoisotopic (exact) mass is 247 g/mol. The SMILES string of the molecule is O=c1cccc2c3ccccc3c3c(n12)C=CCC3. The number of benzene rings is 1. The van der Waals surface area contributed by atoms with Crippen molar-refractivity contribution in [3.8, 4) is 0 Å². The van der Waals surface area contributed by atoms with Crippen molar-refractivity contribution in [3.63, 3.8) is 0 Å². The molecular formula is C17H13NO. The summed E-state index contributed by atoms with van der Waals surface area (Å²) < 4.78 is 1.84. The first-order valence-corrected chi connectivity index (χ1v) is 6.58. The highest BCUT2D eigenvalue weighted by Gasteiger charge is 2.14. The maximum Gasteiger partial charge on any atom is 0.255 e. The van der Waals surface area contributed by atoms with Gasteiger partial charge >= 0.3 is 0 Å². The molecule has 1 aliphatic carbocycles. The van der Waals surface area contributed by atoms with E-state index in [4.69, 9.17) is 0 Å². The first-order valence-electron chi connectivity index (χ1n) is 6.58. The standard InChI is InChI=1S/C17H13NO/c19-17-11-5-10-16-14-7-2-1-6-12(14)13-8-3-4-9-15(13)18(16)17/h1-2,4-7,9-11H,3,8H2. The predicted octanol–water partition coefficient (Wildman–Crippen LogP) is 3.41. The van der Waals surface area contributed by atoms with Crippen LogP contribution in [0.15, 0.2) is 53.3 Å². The number of rotatable bonds is 0. The molecule has 0 spiro atoms. The molecule has 0 bridgehead atoms. The zero-order chi connectivity index (χ0) is 12.8. The van der Waals surface area contributed by atoms with Crippen LogP contribution < -0.4 is 5.56 Å². The Balaban J connectivity index is 2.39. The van der Waals surface area contributed by atoms with Gasteiger partial charge in [0.25, 0.3) is 5.56 Å². The number of fused-ring (bicyclic) bond motifs is 6. The largest absolute Gasteiger partial charge is 0.277 e. The van der Waals surface area contributed by atoms with Gasteiger partial charge in [0.15, 0.2) is 0 Å². The van der Waals surface area contributed by atoms with Gasteiger partial charge in [0.05, 0.1) is 11.2 Å². The van der Waals surface area contributed by atoms with Crippen molar-refractivity contribution < 1.29 is 0 Å². The van der Waals surface area contributed by atoms with E-state index in [0.717, 1.165) is 29.4 Å². The van der Waals surface area contributed by atoms with Gasteiger partial charge in [-0.25, -0.2) is 0 Å². The minimum absolute atomic E-state index is 0.0473. The van der Waals surface area contributed by atoms with Crippen LogP contribution in [0.3, 0.4) is 0 Å². The third-order valence-electron chi connectivity index (χ3n) is 3.87. The molecule has 2 nitrogen and oxygen atoms in total. The van der Waals surface area contributed by atoms with Gasteiger partial charge in [0.2, 0.25) is 0 Å². The summed E-state index contributed by atoms with van der Waals surface area (Å²) in [6, 6.07) is 13.8. The molecule has 1 aromatic carbocycles. The Morgan fingerprint density at radius 3 is 2.68 bits per heavy atom. The number of aryl methyl sites for hydroxylation is 1. The second-order valence-corrected chi connectivity index (χ2v) is 4.94. The van der Waals surface area contributed by atoms with Crippen LogP contribution in [0.4, 0.5) is 0 Å². The number of aromatic nitrogens is 1. The molecule has 0 unspecified atom stereocenters. The molecule has 0 fully saturated rings. The van der Waals surface area contributed by atoms with Crippen molar-refractivity contribution in [2.45, 2.75) is 12.8 Å². The Kier molecular flexibility index (Phi) is 2.12. The van der Waals surface area contributed by atoms with Crippen molar-refractivity contribution in [1.29, 1.82) is 0 Å². The molecular weight excluding hydrogens is 234 g/mol. The summed E-state index contributed by atoms with van der Waals surface area (Å²) in [6.07, 6.45) is 6.28.